The Kier molecular flexibility index (Phi) is 8.32. The molecule has 34 heavy (non-hydrogen) atoms. The third kappa shape index (κ3) is 6.25. The molecular formula is C29H41F3P2. The Morgan fingerprint density at radius 2 is 1.24 bits per heavy atom. The molecule has 0 N–H and O–H groups in total. The van der Waals surface area contributed by atoms with Gasteiger partial charge in [-0.15, -0.1) is 0 Å². The van der Waals surface area contributed by atoms with Crippen LogP contribution in [0.25, 0.3) is 0 Å². The molecule has 1 fully saturated rings. The maximum absolute atomic E-state index is 13.3. The Bertz CT molecular complexity index is 920. The van der Waals surface area contributed by atoms with Crippen molar-refractivity contribution in [1.82, 2.24) is 0 Å². The summed E-state index contributed by atoms with van der Waals surface area (Å²) in [4.78, 5) is 0. The molecule has 1 aliphatic rings. The first-order valence-electron chi connectivity index (χ1n) is 12.4. The van der Waals surface area contributed by atoms with Gasteiger partial charge in [-0.25, -0.2) is 0 Å². The van der Waals surface area contributed by atoms with Crippen molar-refractivity contribution in [1.29, 1.82) is 0 Å². The summed E-state index contributed by atoms with van der Waals surface area (Å²) >= 11 is 0. The van der Waals surface area contributed by atoms with E-state index in [2.05, 4.69) is 79.7 Å². The van der Waals surface area contributed by atoms with Gasteiger partial charge in [0, 0.05) is 0 Å². The van der Waals surface area contributed by atoms with Crippen LogP contribution in [0.1, 0.15) is 78.9 Å². The van der Waals surface area contributed by atoms with Crippen LogP contribution in [0.3, 0.4) is 0 Å². The fourth-order valence-corrected chi connectivity index (χ4v) is 14.5. The molecule has 0 radical (unpaired) electrons. The average molecular weight is 509 g/mol. The molecule has 0 aromatic heterocycles. The van der Waals surface area contributed by atoms with Gasteiger partial charge in [0.2, 0.25) is 0 Å². The normalized spacial score (nSPS) is 21.6. The van der Waals surface area contributed by atoms with Gasteiger partial charge in [0.25, 0.3) is 0 Å². The summed E-state index contributed by atoms with van der Waals surface area (Å²) in [6.07, 6.45) is -0.543. The number of hydrogen-bond acceptors (Lipinski definition) is 0. The van der Waals surface area contributed by atoms with Crippen molar-refractivity contribution in [3.63, 3.8) is 0 Å². The van der Waals surface area contributed by atoms with E-state index >= 15 is 0 Å². The van der Waals surface area contributed by atoms with Gasteiger partial charge in [-0.2, -0.15) is 13.2 Å². The highest BCUT2D eigenvalue weighted by molar-refractivity contribution is 7.73. The van der Waals surface area contributed by atoms with E-state index in [1.54, 1.807) is 12.1 Å². The van der Waals surface area contributed by atoms with Crippen molar-refractivity contribution in [3.05, 3.63) is 59.7 Å². The molecule has 0 saturated heterocycles. The van der Waals surface area contributed by atoms with Crippen LogP contribution in [-0.4, -0.2) is 21.6 Å². The minimum atomic E-state index is -4.30. The van der Waals surface area contributed by atoms with Crippen molar-refractivity contribution in [2.24, 2.45) is 5.92 Å². The molecule has 4 atom stereocenters. The van der Waals surface area contributed by atoms with Gasteiger partial charge in [-0.05, 0) is 78.0 Å². The first-order valence-corrected chi connectivity index (χ1v) is 15.3. The summed E-state index contributed by atoms with van der Waals surface area (Å²) in [6.45, 7) is 18.9. The lowest BCUT2D eigenvalue weighted by Crippen LogP contribution is -2.37. The predicted molar refractivity (Wildman–Crippen MR) is 146 cm³/mol. The molecule has 0 amide bonds. The summed E-state index contributed by atoms with van der Waals surface area (Å²) in [7, 11) is -1.01. The standard InChI is InChI=1S/C29H41F3P2/c1-20-12-16-23(17-13-20)33(24-18-14-22(15-19-24)29(30,31)32)21(2)25-10-9-11-26(25)34(27(3,4)5)28(6,7)8/h12-19,21,25-26H,9-11H2,1-8H3/t21-,25?,26?,33?/m1/s1. The second-order valence-corrected chi connectivity index (χ2v) is 18.5. The molecule has 3 rings (SSSR count). The summed E-state index contributed by atoms with van der Waals surface area (Å²) in [6, 6.07) is 14.7. The van der Waals surface area contributed by atoms with Crippen LogP contribution in [-0.2, 0) is 6.18 Å². The Morgan fingerprint density at radius 1 is 0.765 bits per heavy atom. The van der Waals surface area contributed by atoms with Crippen LogP contribution in [0.4, 0.5) is 13.2 Å². The Balaban J connectivity index is 2.04. The third-order valence-corrected chi connectivity index (χ3v) is 14.2. The Hall–Kier alpha value is -0.910. The van der Waals surface area contributed by atoms with E-state index in [-0.39, 0.29) is 18.2 Å². The maximum atomic E-state index is 13.3. The zero-order chi connectivity index (χ0) is 25.5. The van der Waals surface area contributed by atoms with Crippen LogP contribution < -0.4 is 10.6 Å². The lowest BCUT2D eigenvalue weighted by Gasteiger charge is -2.49. The van der Waals surface area contributed by atoms with Crippen molar-refractivity contribution in [2.75, 3.05) is 0 Å². The topological polar surface area (TPSA) is 0 Å². The molecular weight excluding hydrogens is 467 g/mol. The van der Waals surface area contributed by atoms with E-state index in [0.29, 0.717) is 17.2 Å². The lowest BCUT2D eigenvalue weighted by molar-refractivity contribution is -0.137. The van der Waals surface area contributed by atoms with Crippen molar-refractivity contribution in [2.45, 2.75) is 102 Å². The lowest BCUT2D eigenvalue weighted by atomic mass is 10.0. The minimum absolute atomic E-state index is 0.242. The molecule has 5 heteroatoms. The van der Waals surface area contributed by atoms with Crippen molar-refractivity contribution >= 4 is 26.5 Å². The van der Waals surface area contributed by atoms with Crippen LogP contribution in [0, 0.1) is 12.8 Å². The fraction of sp³-hybridized carbons (Fsp3) is 0.586. The number of aryl methyl sites for hydroxylation is 1. The van der Waals surface area contributed by atoms with E-state index in [1.807, 2.05) is 0 Å². The number of rotatable bonds is 5. The van der Waals surface area contributed by atoms with Crippen LogP contribution in [0.2, 0.25) is 0 Å². The minimum Gasteiger partial charge on any atom is -0.166 e. The molecule has 0 heterocycles. The Labute approximate surface area is 207 Å². The van der Waals surface area contributed by atoms with E-state index < -0.39 is 19.7 Å². The molecule has 188 valence electrons. The van der Waals surface area contributed by atoms with E-state index in [1.165, 1.54) is 42.3 Å². The largest absolute Gasteiger partial charge is 0.416 e. The number of halogens is 3. The highest BCUT2D eigenvalue weighted by atomic mass is 31.1. The highest BCUT2D eigenvalue weighted by Crippen LogP contribution is 2.68. The van der Waals surface area contributed by atoms with E-state index in [9.17, 15) is 13.2 Å². The van der Waals surface area contributed by atoms with Crippen molar-refractivity contribution in [3.8, 4) is 0 Å². The summed E-state index contributed by atoms with van der Waals surface area (Å²) in [5, 5.41) is 2.86. The zero-order valence-electron chi connectivity index (χ0n) is 22.0. The summed E-state index contributed by atoms with van der Waals surface area (Å²) in [5.74, 6) is 0.597. The van der Waals surface area contributed by atoms with Gasteiger partial charge in [0.05, 0.1) is 5.56 Å². The first kappa shape index (κ1) is 27.7. The van der Waals surface area contributed by atoms with Gasteiger partial charge in [0.1, 0.15) is 0 Å². The summed E-state index contributed by atoms with van der Waals surface area (Å²) in [5.41, 5.74) is 1.75. The third-order valence-electron chi connectivity index (χ3n) is 7.12. The van der Waals surface area contributed by atoms with Gasteiger partial charge < -0.3 is 0 Å². The van der Waals surface area contributed by atoms with Crippen molar-refractivity contribution < 1.29 is 13.2 Å². The quantitative estimate of drug-likeness (QED) is 0.353. The van der Waals surface area contributed by atoms with Crippen LogP contribution in [0.5, 0.6) is 0 Å². The number of alkyl halides is 3. The van der Waals surface area contributed by atoms with E-state index in [0.717, 1.165) is 5.30 Å². The zero-order valence-corrected chi connectivity index (χ0v) is 23.8. The monoisotopic (exact) mass is 508 g/mol. The van der Waals surface area contributed by atoms with Gasteiger partial charge in [-0.1, -0.05) is 105 Å². The molecule has 0 aliphatic heterocycles. The molecule has 0 bridgehead atoms. The second-order valence-electron chi connectivity index (χ2n) is 11.9. The molecule has 0 spiro atoms. The predicted octanol–water partition coefficient (Wildman–Crippen LogP) is 9.08. The molecule has 0 nitrogen and oxygen atoms in total. The first-order chi connectivity index (χ1) is 15.6. The van der Waals surface area contributed by atoms with Crippen LogP contribution in [0.15, 0.2) is 48.5 Å². The fourth-order valence-electron chi connectivity index (χ4n) is 6.18. The second kappa shape index (κ2) is 10.2. The van der Waals surface area contributed by atoms with Gasteiger partial charge in [0.15, 0.2) is 0 Å². The van der Waals surface area contributed by atoms with Gasteiger partial charge >= 0.3 is 6.18 Å². The molecule has 2 aromatic rings. The SMILES string of the molecule is Cc1ccc(P(c2ccc(C(F)(F)F)cc2)[C@H](C)C2CCCC2P(C(C)(C)C)C(C)(C)C)cc1. The maximum Gasteiger partial charge on any atom is 0.416 e. The van der Waals surface area contributed by atoms with Crippen LogP contribution >= 0.6 is 15.8 Å². The number of benzene rings is 2. The summed E-state index contributed by atoms with van der Waals surface area (Å²) < 4.78 is 39.8. The number of hydrogen-bond donors (Lipinski definition) is 0. The highest BCUT2D eigenvalue weighted by Gasteiger charge is 2.47. The molecule has 1 saturated carbocycles. The molecule has 1 aliphatic carbocycles. The van der Waals surface area contributed by atoms with E-state index in [4.69, 9.17) is 0 Å². The van der Waals surface area contributed by atoms with Gasteiger partial charge in [-0.3, -0.25) is 0 Å². The molecule has 2 aromatic carbocycles. The smallest absolute Gasteiger partial charge is 0.166 e. The average Bonchev–Trinajstić information content (AvgIpc) is 3.15. The Morgan fingerprint density at radius 3 is 1.68 bits per heavy atom. The molecule has 3 unspecified atom stereocenters.